The minimum absolute atomic E-state index is 0.176. The van der Waals surface area contributed by atoms with Gasteiger partial charge in [0.05, 0.1) is 5.56 Å². The molecule has 2 aromatic rings. The molecule has 1 N–H and O–H groups in total. The van der Waals surface area contributed by atoms with Crippen LogP contribution in [0.3, 0.4) is 0 Å². The number of aromatic nitrogens is 3. The van der Waals surface area contributed by atoms with Crippen LogP contribution in [0.25, 0.3) is 11.4 Å². The zero-order valence-electron chi connectivity index (χ0n) is 12.7. The van der Waals surface area contributed by atoms with Gasteiger partial charge in [0.25, 0.3) is 5.56 Å². The molecule has 0 bridgehead atoms. The fourth-order valence-electron chi connectivity index (χ4n) is 1.89. The summed E-state index contributed by atoms with van der Waals surface area (Å²) in [5.74, 6) is 1.36. The van der Waals surface area contributed by atoms with Crippen LogP contribution in [0.1, 0.15) is 46.2 Å². The summed E-state index contributed by atoms with van der Waals surface area (Å²) >= 11 is 0. The van der Waals surface area contributed by atoms with Gasteiger partial charge in [-0.3, -0.25) is 4.79 Å². The molecule has 0 spiro atoms. The number of pyridine rings is 1. The standard InChI is InChI=1S/C15H21N3O2/c1-9(2)8-10-6-7-11(13(19)16-10)12-17-14(20-18-12)15(3,4)5/h6-7,9H,8H2,1-5H3,(H,16,19). The molecule has 0 aliphatic rings. The second kappa shape index (κ2) is 5.23. The number of nitrogens with one attached hydrogen (secondary N) is 1. The van der Waals surface area contributed by atoms with Gasteiger partial charge in [-0.15, -0.1) is 0 Å². The van der Waals surface area contributed by atoms with E-state index < -0.39 is 0 Å². The lowest BCUT2D eigenvalue weighted by atomic mass is 9.97. The van der Waals surface area contributed by atoms with E-state index in [2.05, 4.69) is 29.0 Å². The van der Waals surface area contributed by atoms with E-state index in [1.807, 2.05) is 26.8 Å². The van der Waals surface area contributed by atoms with Crippen LogP contribution < -0.4 is 5.56 Å². The molecule has 0 radical (unpaired) electrons. The molecule has 2 aromatic heterocycles. The molecule has 0 aliphatic heterocycles. The van der Waals surface area contributed by atoms with Crippen LogP contribution in [0.15, 0.2) is 21.5 Å². The predicted octanol–water partition coefficient (Wildman–Crippen LogP) is 2.92. The third-order valence-electron chi connectivity index (χ3n) is 2.91. The molecule has 0 atom stereocenters. The van der Waals surface area contributed by atoms with Gasteiger partial charge >= 0.3 is 0 Å². The first-order valence-electron chi connectivity index (χ1n) is 6.84. The molecule has 0 aromatic carbocycles. The number of hydrogen-bond donors (Lipinski definition) is 1. The SMILES string of the molecule is CC(C)Cc1ccc(-c2noc(C(C)(C)C)n2)c(=O)[nH]1. The van der Waals surface area contributed by atoms with Crippen molar-refractivity contribution in [3.05, 3.63) is 34.1 Å². The van der Waals surface area contributed by atoms with Gasteiger partial charge < -0.3 is 9.51 Å². The van der Waals surface area contributed by atoms with Crippen molar-refractivity contribution in [2.75, 3.05) is 0 Å². The summed E-state index contributed by atoms with van der Waals surface area (Å²) in [6.45, 7) is 10.2. The first kappa shape index (κ1) is 14.5. The first-order valence-corrected chi connectivity index (χ1v) is 6.84. The average molecular weight is 275 g/mol. The zero-order valence-corrected chi connectivity index (χ0v) is 12.7. The highest BCUT2D eigenvalue weighted by Crippen LogP contribution is 2.22. The third kappa shape index (κ3) is 3.15. The zero-order chi connectivity index (χ0) is 14.9. The van der Waals surface area contributed by atoms with Gasteiger partial charge in [0.15, 0.2) is 0 Å². The fourth-order valence-corrected chi connectivity index (χ4v) is 1.89. The second-order valence-corrected chi connectivity index (χ2v) is 6.50. The van der Waals surface area contributed by atoms with E-state index in [4.69, 9.17) is 4.52 Å². The fraction of sp³-hybridized carbons (Fsp3) is 0.533. The van der Waals surface area contributed by atoms with Crippen LogP contribution in [0.2, 0.25) is 0 Å². The van der Waals surface area contributed by atoms with E-state index in [0.717, 1.165) is 12.1 Å². The summed E-state index contributed by atoms with van der Waals surface area (Å²) in [6.07, 6.45) is 0.842. The van der Waals surface area contributed by atoms with Crippen molar-refractivity contribution < 1.29 is 4.52 Å². The van der Waals surface area contributed by atoms with Gasteiger partial charge in [0, 0.05) is 11.1 Å². The van der Waals surface area contributed by atoms with E-state index in [-0.39, 0.29) is 11.0 Å². The van der Waals surface area contributed by atoms with E-state index in [1.165, 1.54) is 0 Å². The Balaban J connectivity index is 2.34. The van der Waals surface area contributed by atoms with Gasteiger partial charge in [0.2, 0.25) is 11.7 Å². The molecule has 20 heavy (non-hydrogen) atoms. The highest BCUT2D eigenvalue weighted by atomic mass is 16.5. The molecule has 2 rings (SSSR count). The van der Waals surface area contributed by atoms with Gasteiger partial charge in [-0.2, -0.15) is 4.98 Å². The molecule has 108 valence electrons. The molecule has 0 saturated heterocycles. The average Bonchev–Trinajstić information content (AvgIpc) is 2.77. The lowest BCUT2D eigenvalue weighted by molar-refractivity contribution is 0.321. The molecule has 0 saturated carbocycles. The quantitative estimate of drug-likeness (QED) is 0.934. The normalized spacial score (nSPS) is 12.1. The van der Waals surface area contributed by atoms with E-state index in [0.29, 0.717) is 23.2 Å². The molecule has 5 heteroatoms. The minimum atomic E-state index is -0.227. The molecule has 2 heterocycles. The molecule has 0 fully saturated rings. The second-order valence-electron chi connectivity index (χ2n) is 6.50. The summed E-state index contributed by atoms with van der Waals surface area (Å²) in [5.41, 5.74) is 0.963. The maximum atomic E-state index is 12.1. The summed E-state index contributed by atoms with van der Waals surface area (Å²) in [7, 11) is 0. The van der Waals surface area contributed by atoms with Gasteiger partial charge in [0.1, 0.15) is 0 Å². The summed E-state index contributed by atoms with van der Waals surface area (Å²) in [5, 5.41) is 3.90. The maximum Gasteiger partial charge on any atom is 0.259 e. The number of hydrogen-bond acceptors (Lipinski definition) is 4. The van der Waals surface area contributed by atoms with Gasteiger partial charge in [-0.25, -0.2) is 0 Å². The summed E-state index contributed by atoms with van der Waals surface area (Å²) in [6, 6.07) is 3.66. The first-order chi connectivity index (χ1) is 9.27. The number of rotatable bonds is 3. The Morgan fingerprint density at radius 2 is 2.00 bits per heavy atom. The minimum Gasteiger partial charge on any atom is -0.338 e. The molecule has 0 aliphatic carbocycles. The smallest absolute Gasteiger partial charge is 0.259 e. The lowest BCUT2D eigenvalue weighted by Crippen LogP contribution is -2.14. The Morgan fingerprint density at radius 3 is 2.50 bits per heavy atom. The Hall–Kier alpha value is -1.91. The van der Waals surface area contributed by atoms with Crippen LogP contribution in [-0.2, 0) is 11.8 Å². The third-order valence-corrected chi connectivity index (χ3v) is 2.91. The van der Waals surface area contributed by atoms with Crippen LogP contribution >= 0.6 is 0 Å². The number of nitrogens with zero attached hydrogens (tertiary/aromatic N) is 2. The van der Waals surface area contributed by atoms with Gasteiger partial charge in [-0.05, 0) is 24.5 Å². The van der Waals surface area contributed by atoms with Crippen molar-refractivity contribution in [2.45, 2.75) is 46.5 Å². The molecular weight excluding hydrogens is 254 g/mol. The molecule has 5 nitrogen and oxygen atoms in total. The van der Waals surface area contributed by atoms with Crippen LogP contribution in [0, 0.1) is 5.92 Å². The van der Waals surface area contributed by atoms with E-state index >= 15 is 0 Å². The van der Waals surface area contributed by atoms with Crippen LogP contribution in [-0.4, -0.2) is 15.1 Å². The van der Waals surface area contributed by atoms with Crippen molar-refractivity contribution in [1.29, 1.82) is 0 Å². The number of aromatic amines is 1. The van der Waals surface area contributed by atoms with E-state index in [9.17, 15) is 4.79 Å². The van der Waals surface area contributed by atoms with Crippen LogP contribution in [0.5, 0.6) is 0 Å². The Labute approximate surface area is 118 Å². The topological polar surface area (TPSA) is 71.8 Å². The van der Waals surface area contributed by atoms with Crippen LogP contribution in [0.4, 0.5) is 0 Å². The van der Waals surface area contributed by atoms with Crippen molar-refractivity contribution in [2.24, 2.45) is 5.92 Å². The summed E-state index contributed by atoms with van der Waals surface area (Å²) in [4.78, 5) is 19.3. The molecular formula is C15H21N3O2. The Morgan fingerprint density at radius 1 is 1.30 bits per heavy atom. The molecule has 0 amide bonds. The number of H-pyrrole nitrogens is 1. The van der Waals surface area contributed by atoms with E-state index in [1.54, 1.807) is 6.07 Å². The largest absolute Gasteiger partial charge is 0.338 e. The maximum absolute atomic E-state index is 12.1. The van der Waals surface area contributed by atoms with Crippen molar-refractivity contribution in [3.8, 4) is 11.4 Å². The predicted molar refractivity (Wildman–Crippen MR) is 77.6 cm³/mol. The highest BCUT2D eigenvalue weighted by molar-refractivity contribution is 5.52. The van der Waals surface area contributed by atoms with Crippen molar-refractivity contribution >= 4 is 0 Å². The van der Waals surface area contributed by atoms with Crippen molar-refractivity contribution in [1.82, 2.24) is 15.1 Å². The Bertz CT molecular complexity index is 648. The monoisotopic (exact) mass is 275 g/mol. The summed E-state index contributed by atoms with van der Waals surface area (Å²) < 4.78 is 5.22. The van der Waals surface area contributed by atoms with Crippen molar-refractivity contribution in [3.63, 3.8) is 0 Å². The highest BCUT2D eigenvalue weighted by Gasteiger charge is 2.23. The Kier molecular flexibility index (Phi) is 3.79. The van der Waals surface area contributed by atoms with Gasteiger partial charge in [-0.1, -0.05) is 39.8 Å². The lowest BCUT2D eigenvalue weighted by Gasteiger charge is -2.10. The molecule has 0 unspecified atom stereocenters.